The second kappa shape index (κ2) is 11.5. The summed E-state index contributed by atoms with van der Waals surface area (Å²) in [7, 11) is 0. The van der Waals surface area contributed by atoms with E-state index in [4.69, 9.17) is 11.6 Å². The molecule has 0 aliphatic rings. The van der Waals surface area contributed by atoms with Gasteiger partial charge in [-0.05, 0) is 35.2 Å². The van der Waals surface area contributed by atoms with Gasteiger partial charge in [0.05, 0.1) is 11.6 Å². The zero-order valence-electron chi connectivity index (χ0n) is 17.3. The Balaban J connectivity index is 1.73. The number of nitrogens with one attached hydrogen (secondary N) is 1. The van der Waals surface area contributed by atoms with Crippen LogP contribution in [-0.2, 0) is 17.9 Å². The van der Waals surface area contributed by atoms with Crippen LogP contribution in [0.15, 0.2) is 78.7 Å². The van der Waals surface area contributed by atoms with Crippen LogP contribution in [0.4, 0.5) is 14.9 Å². The van der Waals surface area contributed by atoms with Crippen LogP contribution >= 0.6 is 22.9 Å². The maximum atomic E-state index is 13.4. The van der Waals surface area contributed by atoms with E-state index in [2.05, 4.69) is 11.9 Å². The lowest BCUT2D eigenvalue weighted by Crippen LogP contribution is -2.44. The van der Waals surface area contributed by atoms with Crippen LogP contribution < -0.4 is 5.32 Å². The number of carbonyl (C=O) groups is 2. The lowest BCUT2D eigenvalue weighted by atomic mass is 10.2. The number of halogens is 2. The third kappa shape index (κ3) is 6.67. The molecule has 0 fully saturated rings. The monoisotopic (exact) mass is 471 g/mol. The molecule has 0 aliphatic heterocycles. The van der Waals surface area contributed by atoms with E-state index in [1.54, 1.807) is 22.3 Å². The largest absolute Gasteiger partial charge is 0.332 e. The highest BCUT2D eigenvalue weighted by Crippen LogP contribution is 2.20. The van der Waals surface area contributed by atoms with E-state index < -0.39 is 11.8 Å². The van der Waals surface area contributed by atoms with Crippen LogP contribution in [0, 0.1) is 5.82 Å². The number of nitrogens with zero attached hydrogens (tertiary/aromatic N) is 2. The molecule has 2 aromatic carbocycles. The molecule has 3 amide bonds. The van der Waals surface area contributed by atoms with E-state index in [0.717, 1.165) is 10.4 Å². The zero-order chi connectivity index (χ0) is 22.9. The highest BCUT2D eigenvalue weighted by Gasteiger charge is 2.22. The molecule has 166 valence electrons. The van der Waals surface area contributed by atoms with E-state index in [0.29, 0.717) is 18.8 Å². The zero-order valence-corrected chi connectivity index (χ0v) is 18.9. The van der Waals surface area contributed by atoms with Gasteiger partial charge in [-0.1, -0.05) is 54.1 Å². The molecule has 32 heavy (non-hydrogen) atoms. The summed E-state index contributed by atoms with van der Waals surface area (Å²) in [5, 5.41) is 4.52. The van der Waals surface area contributed by atoms with Crippen LogP contribution in [-0.4, -0.2) is 34.8 Å². The minimum Gasteiger partial charge on any atom is -0.332 e. The SMILES string of the molecule is C=CCN(CC(=O)N(Cc1ccccc1)Cc1cccs1)C(=O)Nc1ccc(F)c(Cl)c1. The normalized spacial score (nSPS) is 10.4. The van der Waals surface area contributed by atoms with Crippen molar-refractivity contribution in [1.29, 1.82) is 0 Å². The molecule has 0 saturated carbocycles. The average Bonchev–Trinajstić information content (AvgIpc) is 3.29. The van der Waals surface area contributed by atoms with E-state index in [9.17, 15) is 14.0 Å². The van der Waals surface area contributed by atoms with Crippen molar-refractivity contribution >= 4 is 40.6 Å². The van der Waals surface area contributed by atoms with Crippen molar-refractivity contribution in [2.24, 2.45) is 0 Å². The summed E-state index contributed by atoms with van der Waals surface area (Å²) in [6, 6.07) is 17.0. The number of amides is 3. The smallest absolute Gasteiger partial charge is 0.322 e. The van der Waals surface area contributed by atoms with Gasteiger partial charge in [0.2, 0.25) is 5.91 Å². The number of urea groups is 1. The first kappa shape index (κ1) is 23.5. The van der Waals surface area contributed by atoms with Crippen molar-refractivity contribution < 1.29 is 14.0 Å². The minimum absolute atomic E-state index is 0.0980. The summed E-state index contributed by atoms with van der Waals surface area (Å²) in [5.41, 5.74) is 1.33. The molecule has 3 aromatic rings. The third-order valence-electron chi connectivity index (χ3n) is 4.63. The molecule has 5 nitrogen and oxygen atoms in total. The molecule has 0 saturated heterocycles. The molecule has 0 radical (unpaired) electrons. The number of thiophene rings is 1. The van der Waals surface area contributed by atoms with Crippen molar-refractivity contribution in [3.63, 3.8) is 0 Å². The summed E-state index contributed by atoms with van der Waals surface area (Å²) >= 11 is 7.37. The van der Waals surface area contributed by atoms with Gasteiger partial charge < -0.3 is 15.1 Å². The molecule has 1 heterocycles. The Kier molecular flexibility index (Phi) is 8.41. The number of anilines is 1. The van der Waals surface area contributed by atoms with Gasteiger partial charge in [-0.2, -0.15) is 0 Å². The molecule has 1 N–H and O–H groups in total. The second-order valence-electron chi connectivity index (χ2n) is 7.04. The summed E-state index contributed by atoms with van der Waals surface area (Å²) < 4.78 is 13.4. The number of benzene rings is 2. The van der Waals surface area contributed by atoms with Crippen LogP contribution in [0.2, 0.25) is 5.02 Å². The van der Waals surface area contributed by atoms with Gasteiger partial charge in [0.1, 0.15) is 12.4 Å². The molecule has 0 unspecified atom stereocenters. The highest BCUT2D eigenvalue weighted by molar-refractivity contribution is 7.09. The van der Waals surface area contributed by atoms with Gasteiger partial charge in [0.25, 0.3) is 0 Å². The predicted molar refractivity (Wildman–Crippen MR) is 127 cm³/mol. The molecule has 8 heteroatoms. The molecule has 1 aromatic heterocycles. The Morgan fingerprint density at radius 3 is 2.50 bits per heavy atom. The average molecular weight is 472 g/mol. The first-order chi connectivity index (χ1) is 15.5. The van der Waals surface area contributed by atoms with Gasteiger partial charge >= 0.3 is 6.03 Å². The molecule has 3 rings (SSSR count). The Labute approximate surface area is 195 Å². The summed E-state index contributed by atoms with van der Waals surface area (Å²) in [5.74, 6) is -0.774. The van der Waals surface area contributed by atoms with Crippen molar-refractivity contribution in [3.8, 4) is 0 Å². The number of hydrogen-bond donors (Lipinski definition) is 1. The van der Waals surface area contributed by atoms with Gasteiger partial charge in [0.15, 0.2) is 0 Å². The van der Waals surface area contributed by atoms with E-state index in [1.165, 1.54) is 23.1 Å². The fourth-order valence-electron chi connectivity index (χ4n) is 3.04. The van der Waals surface area contributed by atoms with Gasteiger partial charge in [0, 0.05) is 23.7 Å². The van der Waals surface area contributed by atoms with Gasteiger partial charge in [-0.15, -0.1) is 17.9 Å². The second-order valence-corrected chi connectivity index (χ2v) is 8.48. The third-order valence-corrected chi connectivity index (χ3v) is 5.78. The lowest BCUT2D eigenvalue weighted by Gasteiger charge is -2.27. The fourth-order valence-corrected chi connectivity index (χ4v) is 3.94. The molecule has 0 spiro atoms. The fraction of sp³-hybridized carbons (Fsp3) is 0.167. The first-order valence-corrected chi connectivity index (χ1v) is 11.2. The van der Waals surface area contributed by atoms with Gasteiger partial charge in [-0.25, -0.2) is 9.18 Å². The van der Waals surface area contributed by atoms with Crippen molar-refractivity contribution in [3.05, 3.63) is 100.0 Å². The van der Waals surface area contributed by atoms with Crippen LogP contribution in [0.5, 0.6) is 0 Å². The number of hydrogen-bond acceptors (Lipinski definition) is 3. The highest BCUT2D eigenvalue weighted by atomic mass is 35.5. The standard InChI is InChI=1S/C24H23ClFN3O2S/c1-2-12-28(24(31)27-19-10-11-22(26)21(25)14-19)17-23(30)29(16-20-9-6-13-32-20)15-18-7-4-3-5-8-18/h2-11,13-14H,1,12,15-17H2,(H,27,31). The maximum absolute atomic E-state index is 13.4. The molecular weight excluding hydrogens is 449 g/mol. The Morgan fingerprint density at radius 1 is 1.06 bits per heavy atom. The molecule has 0 aliphatic carbocycles. The maximum Gasteiger partial charge on any atom is 0.322 e. The van der Waals surface area contributed by atoms with Crippen molar-refractivity contribution in [2.75, 3.05) is 18.4 Å². The Hall–Kier alpha value is -3.16. The Morgan fingerprint density at radius 2 is 1.84 bits per heavy atom. The quantitative estimate of drug-likeness (QED) is 0.401. The van der Waals surface area contributed by atoms with Crippen LogP contribution in [0.1, 0.15) is 10.4 Å². The number of carbonyl (C=O) groups excluding carboxylic acids is 2. The van der Waals surface area contributed by atoms with Crippen molar-refractivity contribution in [1.82, 2.24) is 9.80 Å². The van der Waals surface area contributed by atoms with Crippen LogP contribution in [0.25, 0.3) is 0 Å². The van der Waals surface area contributed by atoms with Crippen molar-refractivity contribution in [2.45, 2.75) is 13.1 Å². The van der Waals surface area contributed by atoms with E-state index in [-0.39, 0.29) is 24.0 Å². The van der Waals surface area contributed by atoms with E-state index >= 15 is 0 Å². The first-order valence-electron chi connectivity index (χ1n) is 9.92. The van der Waals surface area contributed by atoms with E-state index in [1.807, 2.05) is 47.8 Å². The summed E-state index contributed by atoms with van der Waals surface area (Å²) in [6.45, 7) is 4.59. The van der Waals surface area contributed by atoms with Gasteiger partial charge in [-0.3, -0.25) is 4.79 Å². The minimum atomic E-state index is -0.576. The summed E-state index contributed by atoms with van der Waals surface area (Å²) in [6.07, 6.45) is 1.55. The van der Waals surface area contributed by atoms with Crippen LogP contribution in [0.3, 0.4) is 0 Å². The molecule has 0 atom stereocenters. The molecular formula is C24H23ClFN3O2S. The number of rotatable bonds is 9. The topological polar surface area (TPSA) is 52.7 Å². The molecule has 0 bridgehead atoms. The lowest BCUT2D eigenvalue weighted by molar-refractivity contribution is -0.132. The summed E-state index contributed by atoms with van der Waals surface area (Å²) in [4.78, 5) is 30.1. The predicted octanol–water partition coefficient (Wildman–Crippen LogP) is 5.79. The Bertz CT molecular complexity index is 1060.